The Kier molecular flexibility index (Phi) is 5.05. The molecule has 1 heterocycles. The summed E-state index contributed by atoms with van der Waals surface area (Å²) in [6, 6.07) is 5.65. The summed E-state index contributed by atoms with van der Waals surface area (Å²) >= 11 is 6.04. The minimum Gasteiger partial charge on any atom is -0.505 e. The molecule has 0 bridgehead atoms. The Labute approximate surface area is 138 Å². The van der Waals surface area contributed by atoms with Crippen LogP contribution in [0.2, 0.25) is 5.15 Å². The number of hydrogen-bond donors (Lipinski definition) is 3. The number of carbonyl (C=O) groups is 2. The third-order valence-electron chi connectivity index (χ3n) is 3.36. The number of carboxylic acid groups (broad SMARTS) is 1. The standard InChI is InChI=1S/C16H17ClN2O4/c1-8(2)7-11(16(22)23)18-15(21)12-13(20)9-5-3-4-6-10(9)14(17)19-12/h3-6,8,11,20H,7H2,1-2H3,(H,18,21)(H,22,23)/t11-/m1/s1. The molecule has 0 saturated carbocycles. The Balaban J connectivity index is 2.37. The van der Waals surface area contributed by atoms with Gasteiger partial charge in [0.15, 0.2) is 11.4 Å². The Hall–Kier alpha value is -2.34. The van der Waals surface area contributed by atoms with Crippen molar-refractivity contribution < 1.29 is 19.8 Å². The quantitative estimate of drug-likeness (QED) is 0.729. The first kappa shape index (κ1) is 17.0. The van der Waals surface area contributed by atoms with Gasteiger partial charge < -0.3 is 15.5 Å². The first-order chi connectivity index (χ1) is 10.8. The summed E-state index contributed by atoms with van der Waals surface area (Å²) in [4.78, 5) is 27.4. The number of pyridine rings is 1. The zero-order valence-corrected chi connectivity index (χ0v) is 13.5. The fraction of sp³-hybridized carbons (Fsp3) is 0.312. The van der Waals surface area contributed by atoms with Gasteiger partial charge in [0, 0.05) is 10.8 Å². The molecule has 0 aliphatic rings. The van der Waals surface area contributed by atoms with Crippen LogP contribution in [0.1, 0.15) is 30.8 Å². The average molecular weight is 337 g/mol. The van der Waals surface area contributed by atoms with Crippen molar-refractivity contribution in [1.29, 1.82) is 0 Å². The molecule has 0 aliphatic carbocycles. The van der Waals surface area contributed by atoms with E-state index in [1.165, 1.54) is 0 Å². The molecule has 1 aromatic carbocycles. The van der Waals surface area contributed by atoms with Gasteiger partial charge in [-0.1, -0.05) is 49.7 Å². The molecule has 2 rings (SSSR count). The van der Waals surface area contributed by atoms with Crippen LogP contribution in [-0.2, 0) is 4.79 Å². The van der Waals surface area contributed by atoms with Gasteiger partial charge in [-0.15, -0.1) is 0 Å². The third kappa shape index (κ3) is 3.71. The monoisotopic (exact) mass is 336 g/mol. The number of fused-ring (bicyclic) bond motifs is 1. The van der Waals surface area contributed by atoms with E-state index in [9.17, 15) is 19.8 Å². The number of aromatic nitrogens is 1. The molecule has 7 heteroatoms. The lowest BCUT2D eigenvalue weighted by atomic mass is 10.0. The van der Waals surface area contributed by atoms with E-state index in [4.69, 9.17) is 11.6 Å². The Bertz CT molecular complexity index is 761. The van der Waals surface area contributed by atoms with Crippen molar-refractivity contribution in [3.05, 3.63) is 35.1 Å². The Morgan fingerprint density at radius 2 is 1.87 bits per heavy atom. The SMILES string of the molecule is CC(C)C[C@@H](NC(=O)c1nc(Cl)c2ccccc2c1O)C(=O)O. The molecule has 0 saturated heterocycles. The van der Waals surface area contributed by atoms with Gasteiger partial charge in [-0.05, 0) is 12.3 Å². The number of carbonyl (C=O) groups excluding carboxylic acids is 1. The zero-order chi connectivity index (χ0) is 17.1. The van der Waals surface area contributed by atoms with Gasteiger partial charge in [0.2, 0.25) is 0 Å². The number of benzene rings is 1. The number of carboxylic acids is 1. The summed E-state index contributed by atoms with van der Waals surface area (Å²) in [6.45, 7) is 3.70. The molecule has 122 valence electrons. The number of halogens is 1. The molecule has 6 nitrogen and oxygen atoms in total. The van der Waals surface area contributed by atoms with Crippen LogP contribution in [-0.4, -0.2) is 33.1 Å². The van der Waals surface area contributed by atoms with Crippen molar-refractivity contribution in [2.75, 3.05) is 0 Å². The van der Waals surface area contributed by atoms with E-state index in [1.807, 2.05) is 13.8 Å². The number of hydrogen-bond acceptors (Lipinski definition) is 4. The van der Waals surface area contributed by atoms with Gasteiger partial charge in [0.25, 0.3) is 5.91 Å². The van der Waals surface area contributed by atoms with Gasteiger partial charge in [0.1, 0.15) is 11.2 Å². The van der Waals surface area contributed by atoms with Crippen LogP contribution < -0.4 is 5.32 Å². The molecule has 23 heavy (non-hydrogen) atoms. The van der Waals surface area contributed by atoms with E-state index in [2.05, 4.69) is 10.3 Å². The highest BCUT2D eigenvalue weighted by atomic mass is 35.5. The molecule has 0 spiro atoms. The summed E-state index contributed by atoms with van der Waals surface area (Å²) in [7, 11) is 0. The number of nitrogens with one attached hydrogen (secondary N) is 1. The fourth-order valence-electron chi connectivity index (χ4n) is 2.29. The lowest BCUT2D eigenvalue weighted by Crippen LogP contribution is -2.42. The van der Waals surface area contributed by atoms with Crippen molar-refractivity contribution in [3.63, 3.8) is 0 Å². The van der Waals surface area contributed by atoms with Gasteiger partial charge in [-0.2, -0.15) is 0 Å². The largest absolute Gasteiger partial charge is 0.505 e. The number of nitrogens with zero attached hydrogens (tertiary/aromatic N) is 1. The average Bonchev–Trinajstić information content (AvgIpc) is 2.49. The molecule has 3 N–H and O–H groups in total. The topological polar surface area (TPSA) is 99.5 Å². The molecule has 1 atom stereocenters. The van der Waals surface area contributed by atoms with Crippen molar-refractivity contribution in [2.45, 2.75) is 26.3 Å². The van der Waals surface area contributed by atoms with E-state index in [-0.39, 0.29) is 28.9 Å². The van der Waals surface area contributed by atoms with Gasteiger partial charge in [-0.3, -0.25) is 4.79 Å². The van der Waals surface area contributed by atoms with Crippen LogP contribution >= 0.6 is 11.6 Å². The highest BCUT2D eigenvalue weighted by Gasteiger charge is 2.25. The lowest BCUT2D eigenvalue weighted by molar-refractivity contribution is -0.139. The first-order valence-electron chi connectivity index (χ1n) is 7.12. The highest BCUT2D eigenvalue weighted by molar-refractivity contribution is 6.34. The number of rotatable bonds is 5. The molecule has 0 radical (unpaired) electrons. The Morgan fingerprint density at radius 1 is 1.26 bits per heavy atom. The molecule has 1 amide bonds. The first-order valence-corrected chi connectivity index (χ1v) is 7.50. The zero-order valence-electron chi connectivity index (χ0n) is 12.7. The minimum atomic E-state index is -1.14. The molecule has 0 fully saturated rings. The molecule has 1 aromatic heterocycles. The van der Waals surface area contributed by atoms with Gasteiger partial charge >= 0.3 is 5.97 Å². The summed E-state index contributed by atoms with van der Waals surface area (Å²) in [6.07, 6.45) is 0.267. The van der Waals surface area contributed by atoms with E-state index in [1.54, 1.807) is 24.3 Å². The van der Waals surface area contributed by atoms with Crippen LogP contribution in [0.3, 0.4) is 0 Å². The number of aromatic hydroxyl groups is 1. The van der Waals surface area contributed by atoms with Gasteiger partial charge in [-0.25, -0.2) is 9.78 Å². The second kappa shape index (κ2) is 6.83. The van der Waals surface area contributed by atoms with Crippen LogP contribution in [0.4, 0.5) is 0 Å². The fourth-order valence-corrected chi connectivity index (χ4v) is 2.54. The van der Waals surface area contributed by atoms with Crippen LogP contribution in [0.15, 0.2) is 24.3 Å². The van der Waals surface area contributed by atoms with Crippen molar-refractivity contribution >= 4 is 34.2 Å². The van der Waals surface area contributed by atoms with Crippen molar-refractivity contribution in [3.8, 4) is 5.75 Å². The second-order valence-corrected chi connectivity index (χ2v) is 6.00. The van der Waals surface area contributed by atoms with Crippen LogP contribution in [0, 0.1) is 5.92 Å². The molecule has 0 unspecified atom stereocenters. The summed E-state index contributed by atoms with van der Waals surface area (Å²) in [5.41, 5.74) is -0.288. The van der Waals surface area contributed by atoms with Crippen LogP contribution in [0.25, 0.3) is 10.8 Å². The minimum absolute atomic E-state index is 0.0688. The van der Waals surface area contributed by atoms with Crippen molar-refractivity contribution in [1.82, 2.24) is 10.3 Å². The second-order valence-electron chi connectivity index (χ2n) is 5.64. The van der Waals surface area contributed by atoms with E-state index in [0.29, 0.717) is 10.8 Å². The molecule has 0 aliphatic heterocycles. The predicted molar refractivity (Wildman–Crippen MR) is 86.8 cm³/mol. The maximum atomic E-state index is 12.3. The van der Waals surface area contributed by atoms with Gasteiger partial charge in [0.05, 0.1) is 0 Å². The maximum absolute atomic E-state index is 12.3. The molecular weight excluding hydrogens is 320 g/mol. The predicted octanol–water partition coefficient (Wildman–Crippen LogP) is 2.82. The highest BCUT2D eigenvalue weighted by Crippen LogP contribution is 2.31. The molecule has 2 aromatic rings. The lowest BCUT2D eigenvalue weighted by Gasteiger charge is -2.17. The summed E-state index contributed by atoms with van der Waals surface area (Å²) < 4.78 is 0. The smallest absolute Gasteiger partial charge is 0.326 e. The number of aliphatic carboxylic acids is 1. The number of amides is 1. The van der Waals surface area contributed by atoms with E-state index < -0.39 is 17.9 Å². The maximum Gasteiger partial charge on any atom is 0.326 e. The third-order valence-corrected chi connectivity index (χ3v) is 3.65. The molecular formula is C16H17ClN2O4. The van der Waals surface area contributed by atoms with Crippen molar-refractivity contribution in [2.24, 2.45) is 5.92 Å². The van der Waals surface area contributed by atoms with Crippen LogP contribution in [0.5, 0.6) is 5.75 Å². The van der Waals surface area contributed by atoms with E-state index in [0.717, 1.165) is 0 Å². The van der Waals surface area contributed by atoms with E-state index >= 15 is 0 Å². The Morgan fingerprint density at radius 3 is 2.43 bits per heavy atom. The normalized spacial score (nSPS) is 12.3. The summed E-state index contributed by atoms with van der Waals surface area (Å²) in [5, 5.41) is 22.8. The summed E-state index contributed by atoms with van der Waals surface area (Å²) in [5.74, 6) is -2.16.